The van der Waals surface area contributed by atoms with Crippen molar-refractivity contribution in [3.63, 3.8) is 0 Å². The third kappa shape index (κ3) is 2.12. The third-order valence-electron chi connectivity index (χ3n) is 5.18. The van der Waals surface area contributed by atoms with Crippen molar-refractivity contribution in [1.29, 1.82) is 0 Å². The smallest absolute Gasteiger partial charge is 0.170 e. The predicted octanol–water partition coefficient (Wildman–Crippen LogP) is 3.66. The molecule has 0 unspecified atom stereocenters. The monoisotopic (exact) mass is 257 g/mol. The minimum absolute atomic E-state index is 0.264. The van der Waals surface area contributed by atoms with Gasteiger partial charge < -0.3 is 5.73 Å². The zero-order valence-electron chi connectivity index (χ0n) is 11.5. The Labute approximate surface area is 115 Å². The lowest BCUT2D eigenvalue weighted by molar-refractivity contribution is 0.0807. The first-order valence-electron chi connectivity index (χ1n) is 7.61. The lowest BCUT2D eigenvalue weighted by Gasteiger charge is -2.31. The molecule has 2 saturated carbocycles. The van der Waals surface area contributed by atoms with Crippen LogP contribution in [0.2, 0.25) is 0 Å². The number of benzene rings is 1. The molecule has 19 heavy (non-hydrogen) atoms. The van der Waals surface area contributed by atoms with E-state index in [1.54, 1.807) is 0 Å². The maximum absolute atomic E-state index is 13.0. The molecule has 2 aliphatic rings. The van der Waals surface area contributed by atoms with Crippen LogP contribution in [0.4, 0.5) is 0 Å². The van der Waals surface area contributed by atoms with Crippen molar-refractivity contribution in [1.82, 2.24) is 0 Å². The molecule has 0 atom stereocenters. The van der Waals surface area contributed by atoms with Crippen LogP contribution in [0.15, 0.2) is 24.3 Å². The average Bonchev–Trinajstić information content (AvgIpc) is 2.86. The number of carbonyl (C=O) groups is 1. The average molecular weight is 257 g/mol. The Morgan fingerprint density at radius 2 is 1.84 bits per heavy atom. The van der Waals surface area contributed by atoms with Crippen LogP contribution in [0.3, 0.4) is 0 Å². The molecular formula is C17H23NO. The molecule has 0 aromatic heterocycles. The molecule has 0 aliphatic heterocycles. The van der Waals surface area contributed by atoms with Gasteiger partial charge >= 0.3 is 0 Å². The van der Waals surface area contributed by atoms with Gasteiger partial charge in [-0.1, -0.05) is 43.5 Å². The van der Waals surface area contributed by atoms with Gasteiger partial charge in [0.25, 0.3) is 0 Å². The van der Waals surface area contributed by atoms with Crippen LogP contribution in [0.5, 0.6) is 0 Å². The highest BCUT2D eigenvalue weighted by atomic mass is 16.1. The van der Waals surface area contributed by atoms with Gasteiger partial charge in [0.1, 0.15) is 0 Å². The van der Waals surface area contributed by atoms with Crippen LogP contribution in [-0.2, 0) is 0 Å². The first kappa shape index (κ1) is 12.9. The van der Waals surface area contributed by atoms with E-state index in [0.29, 0.717) is 18.2 Å². The molecule has 0 amide bonds. The number of nitrogens with two attached hydrogens (primary N) is 1. The SMILES string of the molecule is NCC1(C(=O)c2ccccc2C2CCC2)CCCC1. The van der Waals surface area contributed by atoms with E-state index in [4.69, 9.17) is 5.73 Å². The second kappa shape index (κ2) is 5.09. The van der Waals surface area contributed by atoms with Crippen molar-refractivity contribution >= 4 is 5.78 Å². The number of rotatable bonds is 4. The molecule has 2 fully saturated rings. The van der Waals surface area contributed by atoms with Crippen molar-refractivity contribution in [3.8, 4) is 0 Å². The second-order valence-corrected chi connectivity index (χ2v) is 6.24. The van der Waals surface area contributed by atoms with Crippen molar-refractivity contribution in [2.45, 2.75) is 50.9 Å². The minimum Gasteiger partial charge on any atom is -0.329 e. The number of Topliss-reactive ketones (excluding diaryl/α,β-unsaturated/α-hetero) is 1. The molecule has 2 nitrogen and oxygen atoms in total. The molecular weight excluding hydrogens is 234 g/mol. The Morgan fingerprint density at radius 3 is 2.42 bits per heavy atom. The summed E-state index contributed by atoms with van der Waals surface area (Å²) in [7, 11) is 0. The largest absolute Gasteiger partial charge is 0.329 e. The van der Waals surface area contributed by atoms with E-state index in [1.807, 2.05) is 12.1 Å². The van der Waals surface area contributed by atoms with Gasteiger partial charge in [0, 0.05) is 17.5 Å². The Balaban J connectivity index is 1.94. The molecule has 2 N–H and O–H groups in total. The maximum Gasteiger partial charge on any atom is 0.170 e. The summed E-state index contributed by atoms with van der Waals surface area (Å²) >= 11 is 0. The predicted molar refractivity (Wildman–Crippen MR) is 77.3 cm³/mol. The lowest BCUT2D eigenvalue weighted by Crippen LogP contribution is -2.37. The molecule has 2 heteroatoms. The third-order valence-corrected chi connectivity index (χ3v) is 5.18. The summed E-state index contributed by atoms with van der Waals surface area (Å²) in [5.74, 6) is 0.923. The van der Waals surface area contributed by atoms with Crippen LogP contribution in [-0.4, -0.2) is 12.3 Å². The molecule has 0 radical (unpaired) electrons. The minimum atomic E-state index is -0.264. The quantitative estimate of drug-likeness (QED) is 0.836. The lowest BCUT2D eigenvalue weighted by atomic mass is 9.73. The summed E-state index contributed by atoms with van der Waals surface area (Å²) in [4.78, 5) is 13.0. The van der Waals surface area contributed by atoms with Gasteiger partial charge in [-0.2, -0.15) is 0 Å². The summed E-state index contributed by atoms with van der Waals surface area (Å²) in [5, 5.41) is 0. The standard InChI is InChI=1S/C17H23NO/c18-12-17(10-3-4-11-17)16(19)15-9-2-1-8-14(15)13-6-5-7-13/h1-2,8-9,13H,3-7,10-12,18H2. The molecule has 102 valence electrons. The Morgan fingerprint density at radius 1 is 1.16 bits per heavy atom. The zero-order chi connectivity index (χ0) is 13.3. The van der Waals surface area contributed by atoms with Crippen molar-refractivity contribution in [3.05, 3.63) is 35.4 Å². The molecule has 1 aromatic carbocycles. The number of hydrogen-bond acceptors (Lipinski definition) is 2. The summed E-state index contributed by atoms with van der Waals surface area (Å²) in [6.07, 6.45) is 8.01. The maximum atomic E-state index is 13.0. The van der Waals surface area contributed by atoms with Crippen LogP contribution in [0, 0.1) is 5.41 Å². The van der Waals surface area contributed by atoms with Crippen molar-refractivity contribution < 1.29 is 4.79 Å². The van der Waals surface area contributed by atoms with Gasteiger partial charge in [0.15, 0.2) is 5.78 Å². The molecule has 3 rings (SSSR count). The van der Waals surface area contributed by atoms with Crippen LogP contribution in [0.1, 0.15) is 66.8 Å². The first-order valence-corrected chi connectivity index (χ1v) is 7.61. The Kier molecular flexibility index (Phi) is 3.44. The van der Waals surface area contributed by atoms with Crippen LogP contribution >= 0.6 is 0 Å². The van der Waals surface area contributed by atoms with E-state index in [9.17, 15) is 4.79 Å². The van der Waals surface area contributed by atoms with Crippen molar-refractivity contribution in [2.75, 3.05) is 6.54 Å². The van der Waals surface area contributed by atoms with E-state index in [2.05, 4.69) is 12.1 Å². The molecule has 2 aliphatic carbocycles. The first-order chi connectivity index (χ1) is 9.27. The fourth-order valence-electron chi connectivity index (χ4n) is 3.64. The fourth-order valence-corrected chi connectivity index (χ4v) is 3.64. The summed E-state index contributed by atoms with van der Waals surface area (Å²) < 4.78 is 0. The highest BCUT2D eigenvalue weighted by molar-refractivity contribution is 6.02. The van der Waals surface area contributed by atoms with E-state index in [-0.39, 0.29) is 5.41 Å². The van der Waals surface area contributed by atoms with Crippen molar-refractivity contribution in [2.24, 2.45) is 11.1 Å². The van der Waals surface area contributed by atoms with E-state index < -0.39 is 0 Å². The molecule has 0 bridgehead atoms. The summed E-state index contributed by atoms with van der Waals surface area (Å²) in [6.45, 7) is 0.505. The Bertz CT molecular complexity index is 470. The van der Waals surface area contributed by atoms with Gasteiger partial charge in [0.05, 0.1) is 0 Å². The molecule has 0 spiro atoms. The Hall–Kier alpha value is -1.15. The van der Waals surface area contributed by atoms with Gasteiger partial charge in [-0.15, -0.1) is 0 Å². The highest BCUT2D eigenvalue weighted by Crippen LogP contribution is 2.43. The van der Waals surface area contributed by atoms with Gasteiger partial charge in [-0.3, -0.25) is 4.79 Å². The highest BCUT2D eigenvalue weighted by Gasteiger charge is 2.41. The van der Waals surface area contributed by atoms with E-state index in [1.165, 1.54) is 24.8 Å². The van der Waals surface area contributed by atoms with Gasteiger partial charge in [0.2, 0.25) is 0 Å². The fraction of sp³-hybridized carbons (Fsp3) is 0.588. The zero-order valence-corrected chi connectivity index (χ0v) is 11.5. The molecule has 0 saturated heterocycles. The van der Waals surface area contributed by atoms with E-state index >= 15 is 0 Å². The van der Waals surface area contributed by atoms with Gasteiger partial charge in [-0.05, 0) is 37.2 Å². The van der Waals surface area contributed by atoms with Gasteiger partial charge in [-0.25, -0.2) is 0 Å². The molecule has 1 aromatic rings. The summed E-state index contributed by atoms with van der Waals surface area (Å²) in [6, 6.07) is 8.23. The second-order valence-electron chi connectivity index (χ2n) is 6.24. The summed E-state index contributed by atoms with van der Waals surface area (Å²) in [5.41, 5.74) is 7.93. The van der Waals surface area contributed by atoms with E-state index in [0.717, 1.165) is 31.2 Å². The number of hydrogen-bond donors (Lipinski definition) is 1. The number of carbonyl (C=O) groups excluding carboxylic acids is 1. The normalized spacial score (nSPS) is 22.2. The number of ketones is 1. The van der Waals surface area contributed by atoms with Crippen LogP contribution in [0.25, 0.3) is 0 Å². The van der Waals surface area contributed by atoms with Crippen LogP contribution < -0.4 is 5.73 Å². The molecule has 0 heterocycles. The topological polar surface area (TPSA) is 43.1 Å².